The van der Waals surface area contributed by atoms with E-state index in [1.54, 1.807) is 24.5 Å². The molecule has 0 saturated heterocycles. The van der Waals surface area contributed by atoms with Crippen molar-refractivity contribution in [1.82, 2.24) is 9.97 Å². The SMILES string of the molecule is CCCCCOc1ccc(-c2nc(SC)[nH]c(=O)c2C#N)cc1Cl. The summed E-state index contributed by atoms with van der Waals surface area (Å²) < 4.78 is 5.67. The minimum absolute atomic E-state index is 0.0273. The number of hydrogen-bond acceptors (Lipinski definition) is 5. The molecular formula is C17H18ClN3O2S. The Bertz CT molecular complexity index is 814. The van der Waals surface area contributed by atoms with E-state index < -0.39 is 5.56 Å². The summed E-state index contributed by atoms with van der Waals surface area (Å²) in [4.78, 5) is 18.9. The summed E-state index contributed by atoms with van der Waals surface area (Å²) in [5.74, 6) is 0.588. The molecule has 0 unspecified atom stereocenters. The molecular weight excluding hydrogens is 346 g/mol. The van der Waals surface area contributed by atoms with Crippen LogP contribution in [0.1, 0.15) is 31.7 Å². The van der Waals surface area contributed by atoms with Crippen molar-refractivity contribution in [3.05, 3.63) is 39.1 Å². The molecule has 0 atom stereocenters. The molecule has 126 valence electrons. The molecule has 0 fully saturated rings. The molecule has 0 radical (unpaired) electrons. The Morgan fingerprint density at radius 2 is 2.21 bits per heavy atom. The van der Waals surface area contributed by atoms with E-state index in [9.17, 15) is 10.1 Å². The molecule has 5 nitrogen and oxygen atoms in total. The highest BCUT2D eigenvalue weighted by Crippen LogP contribution is 2.31. The van der Waals surface area contributed by atoms with Gasteiger partial charge in [-0.25, -0.2) is 4.98 Å². The zero-order chi connectivity index (χ0) is 17.5. The Morgan fingerprint density at radius 1 is 1.42 bits per heavy atom. The molecule has 1 heterocycles. The monoisotopic (exact) mass is 363 g/mol. The van der Waals surface area contributed by atoms with Gasteiger partial charge >= 0.3 is 0 Å². The minimum Gasteiger partial charge on any atom is -0.492 e. The Balaban J connectivity index is 2.34. The van der Waals surface area contributed by atoms with Crippen LogP contribution in [0.5, 0.6) is 5.75 Å². The molecule has 1 aromatic heterocycles. The van der Waals surface area contributed by atoms with E-state index in [2.05, 4.69) is 16.9 Å². The molecule has 7 heteroatoms. The van der Waals surface area contributed by atoms with E-state index in [0.29, 0.717) is 33.8 Å². The van der Waals surface area contributed by atoms with Gasteiger partial charge in [0.25, 0.3) is 5.56 Å². The molecule has 0 aliphatic rings. The van der Waals surface area contributed by atoms with Crippen LogP contribution in [0.4, 0.5) is 0 Å². The van der Waals surface area contributed by atoms with Crippen LogP contribution in [0.15, 0.2) is 28.2 Å². The zero-order valence-corrected chi connectivity index (χ0v) is 15.1. The summed E-state index contributed by atoms with van der Waals surface area (Å²) in [7, 11) is 0. The first-order chi connectivity index (χ1) is 11.6. The number of nitrogens with zero attached hydrogens (tertiary/aromatic N) is 2. The first-order valence-corrected chi connectivity index (χ1v) is 9.22. The van der Waals surface area contributed by atoms with Gasteiger partial charge in [0.15, 0.2) is 5.16 Å². The highest BCUT2D eigenvalue weighted by atomic mass is 35.5. The third-order valence-corrected chi connectivity index (χ3v) is 4.29. The summed E-state index contributed by atoms with van der Waals surface area (Å²) in [5, 5.41) is 10.1. The van der Waals surface area contributed by atoms with Crippen LogP contribution in [0.25, 0.3) is 11.3 Å². The summed E-state index contributed by atoms with van der Waals surface area (Å²) in [6.45, 7) is 2.74. The molecule has 0 amide bonds. The van der Waals surface area contributed by atoms with Crippen molar-refractivity contribution < 1.29 is 4.74 Å². The number of unbranched alkanes of at least 4 members (excludes halogenated alkanes) is 2. The maximum absolute atomic E-state index is 12.0. The predicted molar refractivity (Wildman–Crippen MR) is 96.8 cm³/mol. The third-order valence-electron chi connectivity index (χ3n) is 3.41. The van der Waals surface area contributed by atoms with Gasteiger partial charge in [0.1, 0.15) is 17.4 Å². The summed E-state index contributed by atoms with van der Waals surface area (Å²) in [5.41, 5.74) is 0.451. The number of aromatic nitrogens is 2. The van der Waals surface area contributed by atoms with Crippen molar-refractivity contribution in [1.29, 1.82) is 5.26 Å². The Morgan fingerprint density at radius 3 is 2.83 bits per heavy atom. The van der Waals surface area contributed by atoms with Gasteiger partial charge in [-0.2, -0.15) is 5.26 Å². The lowest BCUT2D eigenvalue weighted by atomic mass is 10.1. The lowest BCUT2D eigenvalue weighted by molar-refractivity contribution is 0.306. The van der Waals surface area contributed by atoms with Gasteiger partial charge < -0.3 is 9.72 Å². The van der Waals surface area contributed by atoms with Crippen LogP contribution in [0, 0.1) is 11.3 Å². The highest BCUT2D eigenvalue weighted by molar-refractivity contribution is 7.98. The van der Waals surface area contributed by atoms with Crippen molar-refractivity contribution in [3.8, 4) is 23.1 Å². The molecule has 2 aromatic rings. The molecule has 24 heavy (non-hydrogen) atoms. The van der Waals surface area contributed by atoms with E-state index in [1.165, 1.54) is 11.8 Å². The second kappa shape index (κ2) is 8.76. The number of nitriles is 1. The lowest BCUT2D eigenvalue weighted by Gasteiger charge is -2.10. The van der Waals surface area contributed by atoms with Gasteiger partial charge in [0.05, 0.1) is 17.3 Å². The van der Waals surface area contributed by atoms with E-state index in [0.717, 1.165) is 19.3 Å². The summed E-state index contributed by atoms with van der Waals surface area (Å²) >= 11 is 7.57. The molecule has 0 spiro atoms. The van der Waals surface area contributed by atoms with Crippen molar-refractivity contribution in [3.63, 3.8) is 0 Å². The van der Waals surface area contributed by atoms with Crippen LogP contribution in [0.3, 0.4) is 0 Å². The largest absolute Gasteiger partial charge is 0.492 e. The van der Waals surface area contributed by atoms with Gasteiger partial charge in [-0.15, -0.1) is 0 Å². The number of benzene rings is 1. The van der Waals surface area contributed by atoms with Gasteiger partial charge in [-0.05, 0) is 30.9 Å². The number of hydrogen-bond donors (Lipinski definition) is 1. The molecule has 1 N–H and O–H groups in total. The Hall–Kier alpha value is -1.97. The number of H-pyrrole nitrogens is 1. The topological polar surface area (TPSA) is 78.8 Å². The normalized spacial score (nSPS) is 10.4. The van der Waals surface area contributed by atoms with Gasteiger partial charge in [-0.3, -0.25) is 4.79 Å². The number of nitrogens with one attached hydrogen (secondary N) is 1. The number of thioether (sulfide) groups is 1. The van der Waals surface area contributed by atoms with Crippen molar-refractivity contribution in [2.45, 2.75) is 31.3 Å². The number of rotatable bonds is 7. The van der Waals surface area contributed by atoms with Crippen LogP contribution in [0.2, 0.25) is 5.02 Å². The van der Waals surface area contributed by atoms with E-state index in [-0.39, 0.29) is 5.56 Å². The van der Waals surface area contributed by atoms with Gasteiger partial charge in [0.2, 0.25) is 0 Å². The summed E-state index contributed by atoms with van der Waals surface area (Å²) in [6.07, 6.45) is 5.00. The smallest absolute Gasteiger partial charge is 0.270 e. The average Bonchev–Trinajstić information content (AvgIpc) is 2.59. The maximum Gasteiger partial charge on any atom is 0.270 e. The third kappa shape index (κ3) is 4.31. The molecule has 0 saturated carbocycles. The summed E-state index contributed by atoms with van der Waals surface area (Å²) in [6, 6.07) is 7.08. The van der Waals surface area contributed by atoms with Crippen LogP contribution in [-0.4, -0.2) is 22.8 Å². The Kier molecular flexibility index (Phi) is 6.71. The van der Waals surface area contributed by atoms with Gasteiger partial charge in [0, 0.05) is 5.56 Å². The standard InChI is InChI=1S/C17H18ClN3O2S/c1-3-4-5-8-23-14-7-6-11(9-13(14)18)15-12(10-19)16(22)21-17(20-15)24-2/h6-7,9H,3-5,8H2,1-2H3,(H,20,21,22). The highest BCUT2D eigenvalue weighted by Gasteiger charge is 2.14. The first kappa shape index (κ1) is 18.4. The van der Waals surface area contributed by atoms with Gasteiger partial charge in [-0.1, -0.05) is 43.1 Å². The van der Waals surface area contributed by atoms with Crippen molar-refractivity contribution in [2.75, 3.05) is 12.9 Å². The second-order valence-electron chi connectivity index (χ2n) is 5.11. The quantitative estimate of drug-likeness (QED) is 0.452. The molecule has 0 bridgehead atoms. The van der Waals surface area contributed by atoms with E-state index in [4.69, 9.17) is 16.3 Å². The van der Waals surface area contributed by atoms with E-state index in [1.807, 2.05) is 6.07 Å². The lowest BCUT2D eigenvalue weighted by Crippen LogP contribution is -2.14. The van der Waals surface area contributed by atoms with Crippen molar-refractivity contribution in [2.24, 2.45) is 0 Å². The molecule has 2 rings (SSSR count). The maximum atomic E-state index is 12.0. The second-order valence-corrected chi connectivity index (χ2v) is 6.31. The number of halogens is 1. The zero-order valence-electron chi connectivity index (χ0n) is 13.6. The fraction of sp³-hybridized carbons (Fsp3) is 0.353. The number of aromatic amines is 1. The fourth-order valence-corrected chi connectivity index (χ4v) is 2.77. The average molecular weight is 364 g/mol. The first-order valence-electron chi connectivity index (χ1n) is 7.61. The molecule has 0 aliphatic heterocycles. The van der Waals surface area contributed by atoms with Crippen LogP contribution >= 0.6 is 23.4 Å². The minimum atomic E-state index is -0.456. The number of ether oxygens (including phenoxy) is 1. The molecule has 0 aliphatic carbocycles. The van der Waals surface area contributed by atoms with Crippen LogP contribution < -0.4 is 10.3 Å². The van der Waals surface area contributed by atoms with E-state index >= 15 is 0 Å². The van der Waals surface area contributed by atoms with Crippen LogP contribution in [-0.2, 0) is 0 Å². The predicted octanol–water partition coefficient (Wildman–Crippen LogP) is 4.25. The molecule has 1 aromatic carbocycles. The fourth-order valence-electron chi connectivity index (χ4n) is 2.16. The van der Waals surface area contributed by atoms with Crippen molar-refractivity contribution >= 4 is 23.4 Å². The Labute approximate surface area is 150 Å².